The van der Waals surface area contributed by atoms with Gasteiger partial charge >= 0.3 is 5.97 Å². The van der Waals surface area contributed by atoms with Gasteiger partial charge < -0.3 is 15.4 Å². The van der Waals surface area contributed by atoms with Crippen molar-refractivity contribution in [2.45, 2.75) is 38.6 Å². The number of methoxy groups -OCH3 is 1. The molecule has 5 nitrogen and oxygen atoms in total. The molecule has 1 aliphatic carbocycles. The monoisotopic (exact) mass is 263 g/mol. The molecule has 0 amide bonds. The van der Waals surface area contributed by atoms with Crippen molar-refractivity contribution in [1.29, 1.82) is 0 Å². The van der Waals surface area contributed by atoms with Gasteiger partial charge in [0.2, 0.25) is 0 Å². The van der Waals surface area contributed by atoms with Gasteiger partial charge in [-0.2, -0.15) is 0 Å². The summed E-state index contributed by atoms with van der Waals surface area (Å²) >= 11 is 0. The van der Waals surface area contributed by atoms with E-state index in [4.69, 9.17) is 10.5 Å². The van der Waals surface area contributed by atoms with Crippen LogP contribution in [0.2, 0.25) is 0 Å². The molecule has 1 aromatic rings. The number of pyridine rings is 1. The summed E-state index contributed by atoms with van der Waals surface area (Å²) in [6.07, 6.45) is 4.57. The van der Waals surface area contributed by atoms with E-state index in [1.165, 1.54) is 20.0 Å². The lowest BCUT2D eigenvalue weighted by Crippen LogP contribution is -2.29. The molecule has 1 aromatic heterocycles. The van der Waals surface area contributed by atoms with Crippen LogP contribution in [0.3, 0.4) is 0 Å². The number of carbonyl (C=O) groups excluding carboxylic acids is 1. The first-order chi connectivity index (χ1) is 9.17. The van der Waals surface area contributed by atoms with Crippen molar-refractivity contribution in [3.8, 4) is 0 Å². The van der Waals surface area contributed by atoms with E-state index in [-0.39, 0.29) is 0 Å². The molecule has 0 unspecified atom stereocenters. The van der Waals surface area contributed by atoms with Crippen LogP contribution in [0.4, 0.5) is 11.5 Å². The molecule has 0 radical (unpaired) electrons. The molecule has 0 aromatic carbocycles. The number of ether oxygens (including phenoxy) is 1. The molecule has 19 heavy (non-hydrogen) atoms. The second-order valence-electron chi connectivity index (χ2n) is 4.88. The molecule has 2 rings (SSSR count). The highest BCUT2D eigenvalue weighted by molar-refractivity contribution is 5.88. The van der Waals surface area contributed by atoms with E-state index in [1.807, 2.05) is 0 Å². The predicted octanol–water partition coefficient (Wildman–Crippen LogP) is 2.22. The number of hydrogen-bond acceptors (Lipinski definition) is 5. The molecule has 5 heteroatoms. The number of hydrogen-bond donors (Lipinski definition) is 1. The molecule has 0 aliphatic heterocycles. The number of rotatable bonds is 6. The van der Waals surface area contributed by atoms with E-state index in [1.54, 1.807) is 12.1 Å². The Kier molecular flexibility index (Phi) is 4.24. The summed E-state index contributed by atoms with van der Waals surface area (Å²) in [6.45, 7) is 3.09. The normalized spacial score (nSPS) is 14.2. The lowest BCUT2D eigenvalue weighted by atomic mass is 10.2. The summed E-state index contributed by atoms with van der Waals surface area (Å²) < 4.78 is 4.71. The summed E-state index contributed by atoms with van der Waals surface area (Å²) in [4.78, 5) is 18.2. The van der Waals surface area contributed by atoms with Crippen LogP contribution in [0.15, 0.2) is 12.1 Å². The number of nitrogen functional groups attached to an aromatic ring is 1. The predicted molar refractivity (Wildman–Crippen MR) is 75.3 cm³/mol. The molecule has 104 valence electrons. The fourth-order valence-electron chi connectivity index (χ4n) is 2.08. The number of nitrogens with two attached hydrogens (primary N) is 1. The van der Waals surface area contributed by atoms with Gasteiger partial charge in [0.15, 0.2) is 11.5 Å². The van der Waals surface area contributed by atoms with Gasteiger partial charge in [-0.25, -0.2) is 9.78 Å². The molecule has 0 saturated heterocycles. The van der Waals surface area contributed by atoms with Crippen LogP contribution in [-0.4, -0.2) is 30.6 Å². The van der Waals surface area contributed by atoms with E-state index < -0.39 is 5.97 Å². The fourth-order valence-corrected chi connectivity index (χ4v) is 2.08. The Balaban J connectivity index is 2.26. The van der Waals surface area contributed by atoms with Crippen LogP contribution in [0.25, 0.3) is 0 Å². The molecule has 0 spiro atoms. The van der Waals surface area contributed by atoms with Crippen molar-refractivity contribution in [1.82, 2.24) is 4.98 Å². The van der Waals surface area contributed by atoms with Crippen molar-refractivity contribution in [3.05, 3.63) is 17.8 Å². The van der Waals surface area contributed by atoms with Gasteiger partial charge in [-0.3, -0.25) is 0 Å². The topological polar surface area (TPSA) is 68.5 Å². The summed E-state index contributed by atoms with van der Waals surface area (Å²) in [6, 6.07) is 3.86. The second kappa shape index (κ2) is 5.91. The minimum atomic E-state index is -0.424. The summed E-state index contributed by atoms with van der Waals surface area (Å²) in [5.41, 5.74) is 6.95. The van der Waals surface area contributed by atoms with Gasteiger partial charge in [0.1, 0.15) is 0 Å². The average Bonchev–Trinajstić information content (AvgIpc) is 3.24. The van der Waals surface area contributed by atoms with Gasteiger partial charge in [0.05, 0.1) is 12.8 Å². The standard InChI is InChI=1S/C14H21N3O2/c1-3-4-9-17(10-5-6-10)13-11(15)7-8-12(16-13)14(18)19-2/h7-8,10H,3-6,9,15H2,1-2H3. The molecule has 2 N–H and O–H groups in total. The quantitative estimate of drug-likeness (QED) is 0.797. The minimum Gasteiger partial charge on any atom is -0.464 e. The van der Waals surface area contributed by atoms with Gasteiger partial charge in [-0.15, -0.1) is 0 Å². The zero-order valence-corrected chi connectivity index (χ0v) is 11.6. The maximum absolute atomic E-state index is 11.6. The molecule has 0 bridgehead atoms. The summed E-state index contributed by atoms with van der Waals surface area (Å²) in [5, 5.41) is 0. The van der Waals surface area contributed by atoms with E-state index in [0.717, 1.165) is 25.2 Å². The van der Waals surface area contributed by atoms with E-state index >= 15 is 0 Å². The van der Waals surface area contributed by atoms with Gasteiger partial charge in [-0.1, -0.05) is 13.3 Å². The highest BCUT2D eigenvalue weighted by Gasteiger charge is 2.31. The van der Waals surface area contributed by atoms with E-state index in [9.17, 15) is 4.79 Å². The van der Waals surface area contributed by atoms with E-state index in [0.29, 0.717) is 17.4 Å². The van der Waals surface area contributed by atoms with Crippen molar-refractivity contribution >= 4 is 17.5 Å². The second-order valence-corrected chi connectivity index (χ2v) is 4.88. The minimum absolute atomic E-state index is 0.314. The number of aromatic nitrogens is 1. The zero-order valence-electron chi connectivity index (χ0n) is 11.6. The molecular weight excluding hydrogens is 242 g/mol. The maximum Gasteiger partial charge on any atom is 0.356 e. The molecule has 0 atom stereocenters. The number of anilines is 2. The third kappa shape index (κ3) is 3.16. The Labute approximate surface area is 113 Å². The number of carbonyl (C=O) groups is 1. The number of unbranched alkanes of at least 4 members (excludes halogenated alkanes) is 1. The Morgan fingerprint density at radius 1 is 1.53 bits per heavy atom. The zero-order chi connectivity index (χ0) is 13.8. The fraction of sp³-hybridized carbons (Fsp3) is 0.571. The van der Waals surface area contributed by atoms with Crippen LogP contribution in [0.1, 0.15) is 43.1 Å². The SMILES string of the molecule is CCCCN(c1nc(C(=O)OC)ccc1N)C1CC1. The Morgan fingerprint density at radius 3 is 2.84 bits per heavy atom. The molecule has 1 aliphatic rings. The number of esters is 1. The number of nitrogens with zero attached hydrogens (tertiary/aromatic N) is 2. The average molecular weight is 263 g/mol. The molecule has 1 saturated carbocycles. The smallest absolute Gasteiger partial charge is 0.356 e. The van der Waals surface area contributed by atoms with Gasteiger partial charge in [0, 0.05) is 12.6 Å². The molecule has 1 heterocycles. The van der Waals surface area contributed by atoms with Crippen LogP contribution >= 0.6 is 0 Å². The largest absolute Gasteiger partial charge is 0.464 e. The van der Waals surface area contributed by atoms with Crippen molar-refractivity contribution in [3.63, 3.8) is 0 Å². The Bertz CT molecular complexity index is 458. The van der Waals surface area contributed by atoms with Crippen LogP contribution < -0.4 is 10.6 Å². The Morgan fingerprint density at radius 2 is 2.26 bits per heavy atom. The first kappa shape index (κ1) is 13.6. The third-order valence-corrected chi connectivity index (χ3v) is 3.31. The first-order valence-electron chi connectivity index (χ1n) is 6.78. The van der Waals surface area contributed by atoms with E-state index in [2.05, 4.69) is 16.8 Å². The lowest BCUT2D eigenvalue weighted by Gasteiger charge is -2.25. The summed E-state index contributed by atoms with van der Waals surface area (Å²) in [7, 11) is 1.36. The highest BCUT2D eigenvalue weighted by Crippen LogP contribution is 2.33. The third-order valence-electron chi connectivity index (χ3n) is 3.31. The van der Waals surface area contributed by atoms with Crippen LogP contribution in [0, 0.1) is 0 Å². The van der Waals surface area contributed by atoms with Crippen LogP contribution in [-0.2, 0) is 4.74 Å². The maximum atomic E-state index is 11.6. The van der Waals surface area contributed by atoms with Gasteiger partial charge in [0.25, 0.3) is 0 Å². The first-order valence-corrected chi connectivity index (χ1v) is 6.78. The van der Waals surface area contributed by atoms with Crippen LogP contribution in [0.5, 0.6) is 0 Å². The molecule has 1 fully saturated rings. The Hall–Kier alpha value is -1.78. The van der Waals surface area contributed by atoms with Crippen molar-refractivity contribution in [2.75, 3.05) is 24.3 Å². The highest BCUT2D eigenvalue weighted by atomic mass is 16.5. The molecular formula is C14H21N3O2. The van der Waals surface area contributed by atoms with Crippen molar-refractivity contribution in [2.24, 2.45) is 0 Å². The lowest BCUT2D eigenvalue weighted by molar-refractivity contribution is 0.0594. The van der Waals surface area contributed by atoms with Gasteiger partial charge in [-0.05, 0) is 31.4 Å². The van der Waals surface area contributed by atoms with Crippen molar-refractivity contribution < 1.29 is 9.53 Å². The summed E-state index contributed by atoms with van der Waals surface area (Å²) in [5.74, 6) is 0.298.